The van der Waals surface area contributed by atoms with E-state index in [1.165, 1.54) is 0 Å². The lowest BCUT2D eigenvalue weighted by molar-refractivity contribution is 0.419. The number of benzene rings is 2. The van der Waals surface area contributed by atoms with Crippen molar-refractivity contribution in [3.63, 3.8) is 0 Å². The SMILES string of the molecule is COc1cc(CCN)cc2ccc(O)cc12. The Kier molecular flexibility index (Phi) is 2.97. The van der Waals surface area contributed by atoms with E-state index < -0.39 is 0 Å². The normalized spacial score (nSPS) is 10.6. The van der Waals surface area contributed by atoms with Crippen molar-refractivity contribution in [3.05, 3.63) is 35.9 Å². The summed E-state index contributed by atoms with van der Waals surface area (Å²) in [7, 11) is 1.63. The van der Waals surface area contributed by atoms with Gasteiger partial charge in [-0.05, 0) is 42.1 Å². The number of hydrogen-bond acceptors (Lipinski definition) is 3. The average molecular weight is 217 g/mol. The summed E-state index contributed by atoms with van der Waals surface area (Å²) in [6.07, 6.45) is 0.827. The lowest BCUT2D eigenvalue weighted by atomic mass is 10.0. The van der Waals surface area contributed by atoms with E-state index in [-0.39, 0.29) is 5.75 Å². The van der Waals surface area contributed by atoms with Gasteiger partial charge in [0.15, 0.2) is 0 Å². The zero-order valence-corrected chi connectivity index (χ0v) is 9.23. The van der Waals surface area contributed by atoms with Gasteiger partial charge < -0.3 is 15.6 Å². The Labute approximate surface area is 94.5 Å². The van der Waals surface area contributed by atoms with Crippen molar-refractivity contribution in [1.82, 2.24) is 0 Å². The fourth-order valence-corrected chi connectivity index (χ4v) is 1.85. The van der Waals surface area contributed by atoms with Crippen LogP contribution in [0.15, 0.2) is 30.3 Å². The molecule has 16 heavy (non-hydrogen) atoms. The molecule has 84 valence electrons. The number of ether oxygens (including phenoxy) is 1. The van der Waals surface area contributed by atoms with Crippen molar-refractivity contribution in [1.29, 1.82) is 0 Å². The first-order valence-corrected chi connectivity index (χ1v) is 5.24. The Balaban J connectivity index is 2.63. The fourth-order valence-electron chi connectivity index (χ4n) is 1.85. The Morgan fingerprint density at radius 1 is 1.25 bits per heavy atom. The number of phenols is 1. The molecule has 0 bridgehead atoms. The predicted octanol–water partition coefficient (Wildman–Crippen LogP) is 2.06. The minimum absolute atomic E-state index is 0.248. The monoisotopic (exact) mass is 217 g/mol. The van der Waals surface area contributed by atoms with Crippen LogP contribution in [0.1, 0.15) is 5.56 Å². The van der Waals surface area contributed by atoms with E-state index in [0.29, 0.717) is 6.54 Å². The Morgan fingerprint density at radius 2 is 2.06 bits per heavy atom. The molecule has 3 N–H and O–H groups in total. The van der Waals surface area contributed by atoms with Crippen LogP contribution in [-0.4, -0.2) is 18.8 Å². The van der Waals surface area contributed by atoms with Crippen LogP contribution >= 0.6 is 0 Å². The van der Waals surface area contributed by atoms with E-state index in [1.54, 1.807) is 19.2 Å². The molecule has 0 aromatic heterocycles. The molecule has 0 radical (unpaired) electrons. The maximum absolute atomic E-state index is 9.45. The van der Waals surface area contributed by atoms with Crippen molar-refractivity contribution in [2.75, 3.05) is 13.7 Å². The standard InChI is InChI=1S/C13H15NO2/c1-16-13-7-9(4-5-14)6-10-2-3-11(15)8-12(10)13/h2-3,6-8,15H,4-5,14H2,1H3. The highest BCUT2D eigenvalue weighted by Crippen LogP contribution is 2.30. The average Bonchev–Trinajstić information content (AvgIpc) is 2.29. The minimum Gasteiger partial charge on any atom is -0.508 e. The summed E-state index contributed by atoms with van der Waals surface area (Å²) in [5, 5.41) is 11.4. The van der Waals surface area contributed by atoms with Crippen molar-refractivity contribution in [2.24, 2.45) is 5.73 Å². The summed E-state index contributed by atoms with van der Waals surface area (Å²) in [5.74, 6) is 1.02. The van der Waals surface area contributed by atoms with Crippen molar-refractivity contribution in [2.45, 2.75) is 6.42 Å². The number of nitrogens with two attached hydrogens (primary N) is 1. The molecule has 0 unspecified atom stereocenters. The zero-order valence-electron chi connectivity index (χ0n) is 9.23. The summed E-state index contributed by atoms with van der Waals surface area (Å²) < 4.78 is 5.32. The molecular formula is C13H15NO2. The van der Waals surface area contributed by atoms with Gasteiger partial charge in [0.2, 0.25) is 0 Å². The molecule has 0 amide bonds. The molecule has 3 heteroatoms. The molecule has 2 aromatic carbocycles. The number of methoxy groups -OCH3 is 1. The van der Waals surface area contributed by atoms with Crippen molar-refractivity contribution >= 4 is 10.8 Å². The molecule has 0 fully saturated rings. The number of rotatable bonds is 3. The van der Waals surface area contributed by atoms with Gasteiger partial charge in [-0.3, -0.25) is 0 Å². The van der Waals surface area contributed by atoms with E-state index >= 15 is 0 Å². The van der Waals surface area contributed by atoms with Gasteiger partial charge in [-0.25, -0.2) is 0 Å². The minimum atomic E-state index is 0.248. The van der Waals surface area contributed by atoms with Gasteiger partial charge in [0.1, 0.15) is 11.5 Å². The molecule has 2 aromatic rings. The molecule has 0 atom stereocenters. The quantitative estimate of drug-likeness (QED) is 0.827. The van der Waals surface area contributed by atoms with E-state index in [0.717, 1.165) is 28.5 Å². The van der Waals surface area contributed by atoms with Gasteiger partial charge in [0.05, 0.1) is 7.11 Å². The molecule has 0 saturated heterocycles. The smallest absolute Gasteiger partial charge is 0.127 e. The number of aromatic hydroxyl groups is 1. The number of phenolic OH excluding ortho intramolecular Hbond substituents is 1. The molecular weight excluding hydrogens is 202 g/mol. The predicted molar refractivity (Wildman–Crippen MR) is 64.9 cm³/mol. The highest BCUT2D eigenvalue weighted by atomic mass is 16.5. The maximum atomic E-state index is 9.45. The van der Waals surface area contributed by atoms with Crippen LogP contribution in [0, 0.1) is 0 Å². The Bertz CT molecular complexity index is 509. The van der Waals surface area contributed by atoms with Crippen LogP contribution < -0.4 is 10.5 Å². The van der Waals surface area contributed by atoms with Gasteiger partial charge in [0, 0.05) is 5.39 Å². The summed E-state index contributed by atoms with van der Waals surface area (Å²) in [6.45, 7) is 0.618. The van der Waals surface area contributed by atoms with Gasteiger partial charge >= 0.3 is 0 Å². The van der Waals surface area contributed by atoms with Crippen LogP contribution in [0.2, 0.25) is 0 Å². The highest BCUT2D eigenvalue weighted by Gasteiger charge is 2.05. The third-order valence-corrected chi connectivity index (χ3v) is 2.61. The fraction of sp³-hybridized carbons (Fsp3) is 0.231. The van der Waals surface area contributed by atoms with Crippen LogP contribution in [0.4, 0.5) is 0 Å². The number of fused-ring (bicyclic) bond motifs is 1. The topological polar surface area (TPSA) is 55.5 Å². The summed E-state index contributed by atoms with van der Waals surface area (Å²) in [6, 6.07) is 9.31. The van der Waals surface area contributed by atoms with Crippen LogP contribution in [0.25, 0.3) is 10.8 Å². The first-order valence-electron chi connectivity index (χ1n) is 5.24. The zero-order chi connectivity index (χ0) is 11.5. The Morgan fingerprint density at radius 3 is 2.75 bits per heavy atom. The summed E-state index contributed by atoms with van der Waals surface area (Å²) in [4.78, 5) is 0. The molecule has 0 spiro atoms. The summed E-state index contributed by atoms with van der Waals surface area (Å²) in [5.41, 5.74) is 6.69. The second-order valence-electron chi connectivity index (χ2n) is 3.74. The van der Waals surface area contributed by atoms with E-state index in [4.69, 9.17) is 10.5 Å². The third kappa shape index (κ3) is 1.95. The molecule has 0 aliphatic heterocycles. The lowest BCUT2D eigenvalue weighted by Crippen LogP contribution is -2.02. The second-order valence-corrected chi connectivity index (χ2v) is 3.74. The van der Waals surface area contributed by atoms with E-state index in [9.17, 15) is 5.11 Å². The highest BCUT2D eigenvalue weighted by molar-refractivity contribution is 5.90. The van der Waals surface area contributed by atoms with Crippen LogP contribution in [0.5, 0.6) is 11.5 Å². The first kappa shape index (κ1) is 10.8. The van der Waals surface area contributed by atoms with Gasteiger partial charge in [-0.2, -0.15) is 0 Å². The molecule has 0 heterocycles. The molecule has 0 aliphatic rings. The molecule has 0 saturated carbocycles. The number of hydrogen-bond donors (Lipinski definition) is 2. The van der Waals surface area contributed by atoms with Gasteiger partial charge in [-0.1, -0.05) is 12.1 Å². The van der Waals surface area contributed by atoms with E-state index in [2.05, 4.69) is 6.07 Å². The first-order chi connectivity index (χ1) is 7.74. The van der Waals surface area contributed by atoms with E-state index in [1.807, 2.05) is 12.1 Å². The van der Waals surface area contributed by atoms with Gasteiger partial charge in [0.25, 0.3) is 0 Å². The Hall–Kier alpha value is -1.74. The largest absolute Gasteiger partial charge is 0.508 e. The lowest BCUT2D eigenvalue weighted by Gasteiger charge is -2.09. The molecule has 3 nitrogen and oxygen atoms in total. The molecule has 0 aliphatic carbocycles. The van der Waals surface area contributed by atoms with Crippen LogP contribution in [0.3, 0.4) is 0 Å². The van der Waals surface area contributed by atoms with Crippen molar-refractivity contribution < 1.29 is 9.84 Å². The van der Waals surface area contributed by atoms with Gasteiger partial charge in [-0.15, -0.1) is 0 Å². The third-order valence-electron chi connectivity index (χ3n) is 2.61. The molecule has 2 rings (SSSR count). The van der Waals surface area contributed by atoms with Crippen molar-refractivity contribution in [3.8, 4) is 11.5 Å². The van der Waals surface area contributed by atoms with Crippen LogP contribution in [-0.2, 0) is 6.42 Å². The second kappa shape index (κ2) is 4.41. The maximum Gasteiger partial charge on any atom is 0.127 e. The summed E-state index contributed by atoms with van der Waals surface area (Å²) >= 11 is 0.